The van der Waals surface area contributed by atoms with Crippen molar-refractivity contribution in [1.29, 1.82) is 0 Å². The summed E-state index contributed by atoms with van der Waals surface area (Å²) in [5.41, 5.74) is 5.20. The molecule has 29 heavy (non-hydrogen) atoms. The van der Waals surface area contributed by atoms with Crippen molar-refractivity contribution in [3.63, 3.8) is 0 Å². The molecule has 0 bridgehead atoms. The molecule has 3 aromatic rings. The highest BCUT2D eigenvalue weighted by Crippen LogP contribution is 2.24. The van der Waals surface area contributed by atoms with Gasteiger partial charge in [0.2, 0.25) is 5.95 Å². The van der Waals surface area contributed by atoms with Crippen LogP contribution in [0, 0.1) is 0 Å². The number of amides is 1. The maximum atomic E-state index is 13.0. The predicted molar refractivity (Wildman–Crippen MR) is 115 cm³/mol. The Bertz CT molecular complexity index is 1020. The number of hydrogen-bond acceptors (Lipinski definition) is 4. The second-order valence-electron chi connectivity index (χ2n) is 8.46. The van der Waals surface area contributed by atoms with E-state index in [0.29, 0.717) is 24.7 Å². The zero-order valence-electron chi connectivity index (χ0n) is 17.1. The van der Waals surface area contributed by atoms with Gasteiger partial charge < -0.3 is 10.2 Å². The maximum absolute atomic E-state index is 13.0. The van der Waals surface area contributed by atoms with Crippen LogP contribution in [0.3, 0.4) is 0 Å². The highest BCUT2D eigenvalue weighted by Gasteiger charge is 2.22. The van der Waals surface area contributed by atoms with Crippen molar-refractivity contribution in [1.82, 2.24) is 14.9 Å². The van der Waals surface area contributed by atoms with Gasteiger partial charge in [0.15, 0.2) is 0 Å². The zero-order valence-corrected chi connectivity index (χ0v) is 17.1. The van der Waals surface area contributed by atoms with Gasteiger partial charge in [0.05, 0.1) is 0 Å². The van der Waals surface area contributed by atoms with Crippen LogP contribution in [0.2, 0.25) is 0 Å². The van der Waals surface area contributed by atoms with Crippen LogP contribution in [-0.4, -0.2) is 27.3 Å². The average molecular weight is 386 g/mol. The van der Waals surface area contributed by atoms with Gasteiger partial charge in [-0.15, -0.1) is 0 Å². The Balaban J connectivity index is 1.48. The molecule has 148 valence electrons. The van der Waals surface area contributed by atoms with Crippen LogP contribution >= 0.6 is 0 Å². The molecule has 4 rings (SSSR count). The van der Waals surface area contributed by atoms with Crippen LogP contribution in [0.4, 0.5) is 11.6 Å². The number of carbonyl (C=O) groups is 1. The molecule has 1 amide bonds. The quantitative estimate of drug-likeness (QED) is 0.708. The monoisotopic (exact) mass is 386 g/mol. The average Bonchev–Trinajstić information content (AvgIpc) is 2.73. The molecule has 0 saturated heterocycles. The highest BCUT2D eigenvalue weighted by atomic mass is 16.2. The number of hydrogen-bond donors (Lipinski definition) is 1. The van der Waals surface area contributed by atoms with E-state index >= 15 is 0 Å². The molecule has 1 aliphatic heterocycles. The number of nitrogens with one attached hydrogen (secondary N) is 1. The Kier molecular flexibility index (Phi) is 5.05. The lowest BCUT2D eigenvalue weighted by atomic mass is 9.87. The van der Waals surface area contributed by atoms with E-state index in [1.807, 2.05) is 29.2 Å². The maximum Gasteiger partial charge on any atom is 0.272 e. The van der Waals surface area contributed by atoms with Gasteiger partial charge in [-0.05, 0) is 46.7 Å². The lowest BCUT2D eigenvalue weighted by Gasteiger charge is -2.28. The summed E-state index contributed by atoms with van der Waals surface area (Å²) in [5, 5.41) is 3.20. The molecule has 0 spiro atoms. The highest BCUT2D eigenvalue weighted by molar-refractivity contribution is 5.92. The molecule has 0 saturated carbocycles. The van der Waals surface area contributed by atoms with Gasteiger partial charge in [0.25, 0.3) is 5.91 Å². The van der Waals surface area contributed by atoms with E-state index in [1.165, 1.54) is 16.7 Å². The van der Waals surface area contributed by atoms with Crippen molar-refractivity contribution in [3.05, 3.63) is 83.2 Å². The molecule has 0 radical (unpaired) electrons. The smallest absolute Gasteiger partial charge is 0.272 e. The first-order valence-corrected chi connectivity index (χ1v) is 9.97. The SMILES string of the molecule is CC(C)(C)c1ccc(Nc2nccc(C(=O)N3CCc4ccccc4C3)n2)cc1. The van der Waals surface area contributed by atoms with E-state index in [0.717, 1.165) is 12.1 Å². The summed E-state index contributed by atoms with van der Waals surface area (Å²) >= 11 is 0. The third-order valence-electron chi connectivity index (χ3n) is 5.30. The molecular formula is C24H26N4O. The van der Waals surface area contributed by atoms with Crippen LogP contribution in [-0.2, 0) is 18.4 Å². The van der Waals surface area contributed by atoms with E-state index in [9.17, 15) is 4.79 Å². The Labute approximate surface area is 171 Å². The van der Waals surface area contributed by atoms with Crippen molar-refractivity contribution in [2.75, 3.05) is 11.9 Å². The first-order chi connectivity index (χ1) is 13.9. The minimum absolute atomic E-state index is 0.0620. The molecule has 5 heteroatoms. The summed E-state index contributed by atoms with van der Waals surface area (Å²) in [6.45, 7) is 7.89. The van der Waals surface area contributed by atoms with Crippen molar-refractivity contribution < 1.29 is 4.79 Å². The fraction of sp³-hybridized carbons (Fsp3) is 0.292. The van der Waals surface area contributed by atoms with Gasteiger partial charge in [-0.3, -0.25) is 4.79 Å². The minimum Gasteiger partial charge on any atom is -0.333 e. The van der Waals surface area contributed by atoms with Gasteiger partial charge in [-0.1, -0.05) is 57.2 Å². The molecule has 5 nitrogen and oxygen atoms in total. The van der Waals surface area contributed by atoms with Gasteiger partial charge >= 0.3 is 0 Å². The topological polar surface area (TPSA) is 58.1 Å². The van der Waals surface area contributed by atoms with E-state index in [4.69, 9.17) is 0 Å². The molecule has 2 heterocycles. The third-order valence-corrected chi connectivity index (χ3v) is 5.30. The number of carbonyl (C=O) groups excluding carboxylic acids is 1. The van der Waals surface area contributed by atoms with Crippen LogP contribution in [0.1, 0.15) is 48.0 Å². The predicted octanol–water partition coefficient (Wildman–Crippen LogP) is 4.72. The van der Waals surface area contributed by atoms with Crippen molar-refractivity contribution in [2.24, 2.45) is 0 Å². The molecule has 0 atom stereocenters. The first-order valence-electron chi connectivity index (χ1n) is 9.97. The number of fused-ring (bicyclic) bond motifs is 1. The second kappa shape index (κ2) is 7.66. The number of rotatable bonds is 3. The van der Waals surface area contributed by atoms with E-state index in [2.05, 4.69) is 60.3 Å². The lowest BCUT2D eigenvalue weighted by molar-refractivity contribution is 0.0728. The van der Waals surface area contributed by atoms with Crippen LogP contribution in [0.25, 0.3) is 0 Å². The van der Waals surface area contributed by atoms with Gasteiger partial charge in [-0.2, -0.15) is 0 Å². The molecule has 1 aliphatic rings. The third kappa shape index (κ3) is 4.29. The summed E-state index contributed by atoms with van der Waals surface area (Å²) in [4.78, 5) is 23.6. The van der Waals surface area contributed by atoms with Crippen molar-refractivity contribution in [2.45, 2.75) is 39.2 Å². The molecular weight excluding hydrogens is 360 g/mol. The van der Waals surface area contributed by atoms with Crippen LogP contribution < -0.4 is 5.32 Å². The molecule has 2 aromatic carbocycles. The minimum atomic E-state index is -0.0620. The number of anilines is 2. The number of nitrogens with zero attached hydrogens (tertiary/aromatic N) is 3. The molecule has 1 aromatic heterocycles. The van der Waals surface area contributed by atoms with Crippen molar-refractivity contribution >= 4 is 17.5 Å². The number of aromatic nitrogens is 2. The lowest BCUT2D eigenvalue weighted by Crippen LogP contribution is -2.36. The number of benzene rings is 2. The molecule has 1 N–H and O–H groups in total. The molecule has 0 aliphatic carbocycles. The Morgan fingerprint density at radius 3 is 2.45 bits per heavy atom. The van der Waals surface area contributed by atoms with Crippen molar-refractivity contribution in [3.8, 4) is 0 Å². The standard InChI is InChI=1S/C24H26N4O/c1-24(2,3)19-8-10-20(11-9-19)26-23-25-14-12-21(27-23)22(29)28-15-13-17-6-4-5-7-18(17)16-28/h4-12,14H,13,15-16H2,1-3H3,(H,25,26,27). The largest absolute Gasteiger partial charge is 0.333 e. The second-order valence-corrected chi connectivity index (χ2v) is 8.46. The van der Waals surface area contributed by atoms with E-state index in [1.54, 1.807) is 12.3 Å². The Hall–Kier alpha value is -3.21. The van der Waals surface area contributed by atoms with Gasteiger partial charge in [0.1, 0.15) is 5.69 Å². The summed E-state index contributed by atoms with van der Waals surface area (Å²) in [5.74, 6) is 0.366. The summed E-state index contributed by atoms with van der Waals surface area (Å²) in [6.07, 6.45) is 2.50. The Morgan fingerprint density at radius 2 is 1.72 bits per heavy atom. The fourth-order valence-corrected chi connectivity index (χ4v) is 3.55. The summed E-state index contributed by atoms with van der Waals surface area (Å²) < 4.78 is 0. The van der Waals surface area contributed by atoms with Crippen LogP contribution in [0.15, 0.2) is 60.8 Å². The summed E-state index contributed by atoms with van der Waals surface area (Å²) in [7, 11) is 0. The van der Waals surface area contributed by atoms with Gasteiger partial charge in [-0.25, -0.2) is 9.97 Å². The van der Waals surface area contributed by atoms with E-state index < -0.39 is 0 Å². The molecule has 0 fully saturated rings. The van der Waals surface area contributed by atoms with Gasteiger partial charge in [0, 0.05) is 25.0 Å². The zero-order chi connectivity index (χ0) is 20.4. The summed E-state index contributed by atoms with van der Waals surface area (Å²) in [6, 6.07) is 18.2. The first kappa shape index (κ1) is 19.1. The normalized spacial score (nSPS) is 13.7. The fourth-order valence-electron chi connectivity index (χ4n) is 3.55. The van der Waals surface area contributed by atoms with E-state index in [-0.39, 0.29) is 11.3 Å². The van der Waals surface area contributed by atoms with Crippen LogP contribution in [0.5, 0.6) is 0 Å². The Morgan fingerprint density at radius 1 is 1.00 bits per heavy atom. The molecule has 0 unspecified atom stereocenters.